The molecule has 8 N–H and O–H groups in total. The molecule has 1 aromatic heterocycles. The van der Waals surface area contributed by atoms with Crippen LogP contribution in [0.25, 0.3) is 0 Å². The Bertz CT molecular complexity index is 2270. The molecule has 24 atom stereocenters. The van der Waals surface area contributed by atoms with E-state index in [-0.39, 0.29) is 60.6 Å². The number of aromatic nitrogens is 2. The second-order valence-corrected chi connectivity index (χ2v) is 26.4. The van der Waals surface area contributed by atoms with Crippen LogP contribution in [-0.4, -0.2) is 135 Å². The first-order valence-electron chi connectivity index (χ1n) is 26.3. The van der Waals surface area contributed by atoms with E-state index in [1.807, 2.05) is 27.7 Å². The van der Waals surface area contributed by atoms with Crippen LogP contribution in [0.1, 0.15) is 130 Å². The molecule has 0 unspecified atom stereocenters. The number of fused-ring (bicyclic) bond motifs is 16. The zero-order valence-corrected chi connectivity index (χ0v) is 41.2. The van der Waals surface area contributed by atoms with Gasteiger partial charge in [0.1, 0.15) is 35.6 Å². The number of rotatable bonds is 2. The minimum Gasteiger partial charge on any atom is -0.393 e. The molecule has 0 bridgehead atoms. The average Bonchev–Trinajstić information content (AvgIpc) is 4.00. The molecule has 0 amide bonds. The van der Waals surface area contributed by atoms with Crippen molar-refractivity contribution in [3.05, 3.63) is 46.1 Å². The molecule has 8 fully saturated rings. The number of hydrogen-bond acceptors (Lipinski definition) is 14. The van der Waals surface area contributed by atoms with E-state index in [4.69, 9.17) is 28.9 Å². The molecule has 0 radical (unpaired) electrons. The molecule has 12 aliphatic rings. The maximum Gasteiger partial charge on any atom is 0.201 e. The van der Waals surface area contributed by atoms with Gasteiger partial charge in [0.2, 0.25) is 11.6 Å². The van der Waals surface area contributed by atoms with E-state index in [2.05, 4.69) is 26.0 Å². The SMILES string of the molecule is C[C@@H]1[C@]2(O[C@H]3C=C4[C@@H]5CC[C@H]6Cc7nc8c(nc7C[C@]6(C)[C@H]5C[C@@H](O)[C@]4(C)[C@]31O)C[C@@H]1CC[C@H]3C4=C[C@@H]5O[C@]6(O[C@](C)(CO)C[C@H]6O)[C@@H](C)[C@]5(O)[C@@]4(C)[C@H](O)C[C@@H]3[C@@]1(C)C8)O[C@](C)(CO)C[C@H]2O. The van der Waals surface area contributed by atoms with Crippen LogP contribution in [0.5, 0.6) is 0 Å². The average molecular weight is 945 g/mol. The standard InChI is InChI=1S/C54H76N2O12/c1-25-51(63)43(65-53(25)41(61)21-45(3,23-57)67-53)17-33-29-11-9-27-13-35-37(19-47(27,5)31(29)15-39(59)49(33,51)7)55-36-14-28-10-12-30-32(48(28,6)20-38(36)56-35)16-40(60)50(8)34(30)18-44-52(50,64)26(2)54(66-44)42(62)22-46(4,24-58)68-54/h17-18,25-32,39-44,57-64H,9-16,19-24H2,1-8H3/t25-,26-,27-,28-,29+,30+,31-,32-,39+,40+,41+,42+,43-,44-,45-,46-,47-,48-,49+,50+,51+,52+,53-,54-/m0/s1. The quantitative estimate of drug-likeness (QED) is 0.199. The van der Waals surface area contributed by atoms with Gasteiger partial charge in [0.25, 0.3) is 0 Å². The predicted molar refractivity (Wildman–Crippen MR) is 244 cm³/mol. The Morgan fingerprint density at radius 2 is 0.941 bits per heavy atom. The van der Waals surface area contributed by atoms with Gasteiger partial charge in [-0.1, -0.05) is 64.8 Å². The number of nitrogens with zero attached hydrogens (tertiary/aromatic N) is 2. The molecule has 0 aromatic carbocycles. The van der Waals surface area contributed by atoms with Crippen molar-refractivity contribution >= 4 is 0 Å². The molecule has 4 saturated carbocycles. The van der Waals surface area contributed by atoms with Crippen molar-refractivity contribution in [1.29, 1.82) is 0 Å². The Balaban J connectivity index is 0.771. The van der Waals surface area contributed by atoms with Gasteiger partial charge in [-0.05, 0) is 124 Å². The summed E-state index contributed by atoms with van der Waals surface area (Å²) < 4.78 is 26.0. The molecule has 8 aliphatic carbocycles. The normalized spacial score (nSPS) is 60.0. The number of ether oxygens (including phenoxy) is 4. The highest BCUT2D eigenvalue weighted by Gasteiger charge is 2.81. The van der Waals surface area contributed by atoms with Gasteiger partial charge in [-0.25, -0.2) is 0 Å². The second kappa shape index (κ2) is 13.6. The fourth-order valence-electron chi connectivity index (χ4n) is 19.5. The van der Waals surface area contributed by atoms with Crippen molar-refractivity contribution in [1.82, 2.24) is 9.97 Å². The molecule has 4 aliphatic heterocycles. The van der Waals surface area contributed by atoms with Gasteiger partial charge in [0, 0.05) is 35.5 Å². The van der Waals surface area contributed by atoms with E-state index >= 15 is 0 Å². The van der Waals surface area contributed by atoms with Crippen molar-refractivity contribution in [2.45, 2.75) is 203 Å². The van der Waals surface area contributed by atoms with Gasteiger partial charge in [-0.15, -0.1) is 0 Å². The van der Waals surface area contributed by atoms with Crippen molar-refractivity contribution in [2.75, 3.05) is 13.2 Å². The summed E-state index contributed by atoms with van der Waals surface area (Å²) >= 11 is 0. The van der Waals surface area contributed by atoms with Crippen LogP contribution < -0.4 is 0 Å². The molecule has 13 rings (SSSR count). The molecule has 2 spiro atoms. The maximum absolute atomic E-state index is 12.9. The first-order chi connectivity index (χ1) is 31.9. The smallest absolute Gasteiger partial charge is 0.201 e. The summed E-state index contributed by atoms with van der Waals surface area (Å²) in [7, 11) is 0. The molecular weight excluding hydrogens is 869 g/mol. The third-order valence-electron chi connectivity index (χ3n) is 23.7. The summed E-state index contributed by atoms with van der Waals surface area (Å²) in [6, 6.07) is 0. The molecule has 4 saturated heterocycles. The fraction of sp³-hybridized carbons (Fsp3) is 0.852. The van der Waals surface area contributed by atoms with Crippen LogP contribution in [0, 0.1) is 69.0 Å². The third-order valence-corrected chi connectivity index (χ3v) is 23.7. The summed E-state index contributed by atoms with van der Waals surface area (Å²) in [5.41, 5.74) is -0.813. The Morgan fingerprint density at radius 1 is 0.559 bits per heavy atom. The Kier molecular flexibility index (Phi) is 9.19. The lowest BCUT2D eigenvalue weighted by Gasteiger charge is -2.62. The molecule has 14 heteroatoms. The van der Waals surface area contributed by atoms with Crippen molar-refractivity contribution < 1.29 is 59.8 Å². The van der Waals surface area contributed by atoms with Crippen LogP contribution >= 0.6 is 0 Å². The predicted octanol–water partition coefficient (Wildman–Crippen LogP) is 3.38. The summed E-state index contributed by atoms with van der Waals surface area (Å²) in [5, 5.41) is 93.9. The van der Waals surface area contributed by atoms with E-state index in [9.17, 15) is 40.9 Å². The molecule has 1 aromatic rings. The third kappa shape index (κ3) is 4.99. The number of aliphatic hydroxyl groups excluding tert-OH is 6. The highest BCUT2D eigenvalue weighted by Crippen LogP contribution is 2.73. The monoisotopic (exact) mass is 945 g/mol. The van der Waals surface area contributed by atoms with Gasteiger partial charge < -0.3 is 59.8 Å². The van der Waals surface area contributed by atoms with Gasteiger partial charge in [-0.2, -0.15) is 0 Å². The minimum atomic E-state index is -1.51. The van der Waals surface area contributed by atoms with Crippen LogP contribution in [0.15, 0.2) is 23.3 Å². The summed E-state index contributed by atoms with van der Waals surface area (Å²) in [5.74, 6) is -2.97. The Hall–Kier alpha value is -1.92. The first kappa shape index (κ1) is 45.9. The van der Waals surface area contributed by atoms with Crippen LogP contribution in [-0.2, 0) is 44.6 Å². The van der Waals surface area contributed by atoms with E-state index in [0.717, 1.165) is 85.3 Å². The van der Waals surface area contributed by atoms with Crippen LogP contribution in [0.4, 0.5) is 0 Å². The highest BCUT2D eigenvalue weighted by atomic mass is 16.8. The lowest BCUT2D eigenvalue weighted by molar-refractivity contribution is -0.280. The molecule has 374 valence electrons. The van der Waals surface area contributed by atoms with Crippen LogP contribution in [0.3, 0.4) is 0 Å². The zero-order valence-electron chi connectivity index (χ0n) is 41.2. The lowest BCUT2D eigenvalue weighted by Crippen LogP contribution is -2.65. The minimum absolute atomic E-state index is 0.144. The van der Waals surface area contributed by atoms with Crippen molar-refractivity contribution in [2.24, 2.45) is 69.0 Å². The van der Waals surface area contributed by atoms with E-state index in [1.54, 1.807) is 13.8 Å². The van der Waals surface area contributed by atoms with Gasteiger partial charge in [0.15, 0.2) is 0 Å². The van der Waals surface area contributed by atoms with Crippen molar-refractivity contribution in [3.63, 3.8) is 0 Å². The topological polar surface area (TPSA) is 225 Å². The molecule has 68 heavy (non-hydrogen) atoms. The number of aliphatic hydroxyl groups is 8. The Labute approximate surface area is 399 Å². The van der Waals surface area contributed by atoms with E-state index in [0.29, 0.717) is 24.7 Å². The molecule has 14 nitrogen and oxygen atoms in total. The molecule has 5 heterocycles. The van der Waals surface area contributed by atoms with E-state index in [1.165, 1.54) is 0 Å². The summed E-state index contributed by atoms with van der Waals surface area (Å²) in [6.07, 6.45) is 7.39. The molecular formula is C54H76N2O12. The largest absolute Gasteiger partial charge is 0.393 e. The zero-order chi connectivity index (χ0) is 48.1. The van der Waals surface area contributed by atoms with Gasteiger partial charge >= 0.3 is 0 Å². The Morgan fingerprint density at radius 3 is 1.29 bits per heavy atom. The second-order valence-electron chi connectivity index (χ2n) is 26.4. The summed E-state index contributed by atoms with van der Waals surface area (Å²) in [6.45, 7) is 15.5. The maximum atomic E-state index is 12.9. The number of hydrogen-bond donors (Lipinski definition) is 8. The highest BCUT2D eigenvalue weighted by molar-refractivity contribution is 5.45. The van der Waals surface area contributed by atoms with Crippen LogP contribution in [0.2, 0.25) is 0 Å². The van der Waals surface area contributed by atoms with Gasteiger partial charge in [0.05, 0.1) is 59.4 Å². The van der Waals surface area contributed by atoms with Gasteiger partial charge in [-0.3, -0.25) is 9.97 Å². The first-order valence-corrected chi connectivity index (χ1v) is 26.3. The summed E-state index contributed by atoms with van der Waals surface area (Å²) in [4.78, 5) is 11.1. The van der Waals surface area contributed by atoms with Crippen molar-refractivity contribution in [3.8, 4) is 0 Å². The lowest BCUT2D eigenvalue weighted by atomic mass is 9.44. The fourth-order valence-corrected chi connectivity index (χ4v) is 19.5. The van der Waals surface area contributed by atoms with E-state index < -0.39 is 93.3 Å².